The summed E-state index contributed by atoms with van der Waals surface area (Å²) in [7, 11) is 0. The Balaban J connectivity index is 3.01. The van der Waals surface area contributed by atoms with E-state index in [1.807, 2.05) is 19.9 Å². The van der Waals surface area contributed by atoms with Crippen LogP contribution >= 0.6 is 11.3 Å². The molecule has 16 heavy (non-hydrogen) atoms. The quantitative estimate of drug-likeness (QED) is 0.648. The van der Waals surface area contributed by atoms with Crippen molar-refractivity contribution in [2.24, 2.45) is 5.92 Å². The second-order valence-electron chi connectivity index (χ2n) is 3.62. The van der Waals surface area contributed by atoms with Crippen LogP contribution in [-0.2, 0) is 9.53 Å². The monoisotopic (exact) mass is 240 g/mol. The Morgan fingerprint density at radius 2 is 2.38 bits per heavy atom. The van der Waals surface area contributed by atoms with Crippen LogP contribution in [0.25, 0.3) is 5.57 Å². The average Bonchev–Trinajstić information content (AvgIpc) is 2.61. The van der Waals surface area contributed by atoms with E-state index < -0.39 is 0 Å². The van der Waals surface area contributed by atoms with E-state index in [1.165, 1.54) is 11.3 Å². The fraction of sp³-hybridized carbons (Fsp3) is 0.455. The summed E-state index contributed by atoms with van der Waals surface area (Å²) in [6.45, 7) is 6.12. The molecule has 0 radical (unpaired) electrons. The molecule has 0 atom stereocenters. The molecular weight excluding hydrogens is 224 g/mol. The molecular formula is C11H16N2O2S. The van der Waals surface area contributed by atoms with Gasteiger partial charge in [0.15, 0.2) is 5.13 Å². The van der Waals surface area contributed by atoms with Gasteiger partial charge in [-0.1, -0.05) is 19.9 Å². The minimum atomic E-state index is -0.346. The standard InChI is InChI=1S/C11H16N2O2S/c1-4-15-10(14)8(5-7(2)3)9-6-16-11(12)13-9/h5-7H,4H2,1-3H3,(H2,12,13)/b8-5-. The minimum absolute atomic E-state index is 0.252. The molecule has 2 N–H and O–H groups in total. The predicted octanol–water partition coefficient (Wildman–Crippen LogP) is 2.33. The lowest BCUT2D eigenvalue weighted by atomic mass is 10.1. The van der Waals surface area contributed by atoms with Crippen molar-refractivity contribution in [3.8, 4) is 0 Å². The second kappa shape index (κ2) is 5.65. The molecule has 0 fully saturated rings. The fourth-order valence-corrected chi connectivity index (χ4v) is 1.77. The van der Waals surface area contributed by atoms with E-state index in [9.17, 15) is 4.79 Å². The molecule has 1 aromatic rings. The Bertz CT molecular complexity index is 396. The van der Waals surface area contributed by atoms with Gasteiger partial charge < -0.3 is 10.5 Å². The maximum absolute atomic E-state index is 11.7. The van der Waals surface area contributed by atoms with Crippen molar-refractivity contribution in [1.29, 1.82) is 0 Å². The van der Waals surface area contributed by atoms with Gasteiger partial charge in [-0.25, -0.2) is 9.78 Å². The third-order valence-corrected chi connectivity index (χ3v) is 2.47. The van der Waals surface area contributed by atoms with Gasteiger partial charge in [-0.15, -0.1) is 11.3 Å². The summed E-state index contributed by atoms with van der Waals surface area (Å²) in [6, 6.07) is 0. The Hall–Kier alpha value is -1.36. The molecule has 1 heterocycles. The fourth-order valence-electron chi connectivity index (χ4n) is 1.21. The number of nitrogen functional groups attached to an aromatic ring is 1. The van der Waals surface area contributed by atoms with Crippen LogP contribution in [0.2, 0.25) is 0 Å². The molecule has 4 nitrogen and oxygen atoms in total. The summed E-state index contributed by atoms with van der Waals surface area (Å²) in [5.74, 6) is -0.0937. The van der Waals surface area contributed by atoms with Gasteiger partial charge in [0.05, 0.1) is 17.9 Å². The van der Waals surface area contributed by atoms with Gasteiger partial charge in [-0.3, -0.25) is 0 Å². The third-order valence-electron chi connectivity index (χ3n) is 1.79. The van der Waals surface area contributed by atoms with Crippen LogP contribution in [0.5, 0.6) is 0 Å². The zero-order chi connectivity index (χ0) is 12.1. The molecule has 5 heteroatoms. The van der Waals surface area contributed by atoms with Gasteiger partial charge >= 0.3 is 5.97 Å². The first-order valence-corrected chi connectivity index (χ1v) is 6.02. The van der Waals surface area contributed by atoms with Crippen molar-refractivity contribution in [2.45, 2.75) is 20.8 Å². The summed E-state index contributed by atoms with van der Waals surface area (Å²) in [6.07, 6.45) is 1.84. The lowest BCUT2D eigenvalue weighted by molar-refractivity contribution is -0.136. The number of ether oxygens (including phenoxy) is 1. The lowest BCUT2D eigenvalue weighted by Gasteiger charge is -2.05. The highest BCUT2D eigenvalue weighted by Gasteiger charge is 2.16. The molecule has 1 aromatic heterocycles. The number of hydrogen-bond donors (Lipinski definition) is 1. The van der Waals surface area contributed by atoms with Gasteiger partial charge in [0.25, 0.3) is 0 Å². The highest BCUT2D eigenvalue weighted by atomic mass is 32.1. The van der Waals surface area contributed by atoms with E-state index in [0.29, 0.717) is 23.0 Å². The van der Waals surface area contributed by atoms with Crippen molar-refractivity contribution in [2.75, 3.05) is 12.3 Å². The smallest absolute Gasteiger partial charge is 0.340 e. The third kappa shape index (κ3) is 3.34. The molecule has 1 rings (SSSR count). The zero-order valence-electron chi connectivity index (χ0n) is 9.69. The van der Waals surface area contributed by atoms with Crippen LogP contribution in [0.1, 0.15) is 26.5 Å². The van der Waals surface area contributed by atoms with Crippen LogP contribution in [0.3, 0.4) is 0 Å². The normalized spacial score (nSPS) is 11.9. The van der Waals surface area contributed by atoms with Crippen molar-refractivity contribution >= 4 is 28.0 Å². The first kappa shape index (κ1) is 12.7. The van der Waals surface area contributed by atoms with Crippen LogP contribution in [0.15, 0.2) is 11.5 Å². The minimum Gasteiger partial charge on any atom is -0.462 e. The Morgan fingerprint density at radius 3 is 2.81 bits per heavy atom. The topological polar surface area (TPSA) is 65.2 Å². The van der Waals surface area contributed by atoms with Crippen LogP contribution in [-0.4, -0.2) is 17.6 Å². The molecule has 0 spiro atoms. The molecule has 88 valence electrons. The van der Waals surface area contributed by atoms with Gasteiger partial charge in [0.1, 0.15) is 0 Å². The van der Waals surface area contributed by atoms with Gasteiger partial charge in [0.2, 0.25) is 0 Å². The van der Waals surface area contributed by atoms with E-state index >= 15 is 0 Å². The second-order valence-corrected chi connectivity index (χ2v) is 4.51. The van der Waals surface area contributed by atoms with Gasteiger partial charge in [-0.2, -0.15) is 0 Å². The summed E-state index contributed by atoms with van der Waals surface area (Å²) in [5.41, 5.74) is 6.63. The molecule has 0 aliphatic carbocycles. The van der Waals surface area contributed by atoms with E-state index in [4.69, 9.17) is 10.5 Å². The number of anilines is 1. The molecule has 0 aliphatic rings. The first-order chi connectivity index (χ1) is 7.54. The number of nitrogens with two attached hydrogens (primary N) is 1. The first-order valence-electron chi connectivity index (χ1n) is 5.15. The predicted molar refractivity (Wildman–Crippen MR) is 66.0 cm³/mol. The molecule has 0 aromatic carbocycles. The number of nitrogens with zero attached hydrogens (tertiary/aromatic N) is 1. The molecule has 0 amide bonds. The summed E-state index contributed by atoms with van der Waals surface area (Å²) in [5, 5.41) is 2.22. The maximum atomic E-state index is 11.7. The molecule has 0 saturated carbocycles. The molecule has 0 aliphatic heterocycles. The summed E-state index contributed by atoms with van der Waals surface area (Å²) in [4.78, 5) is 15.8. The molecule has 0 unspecified atom stereocenters. The van der Waals surface area contributed by atoms with Gasteiger partial charge in [0, 0.05) is 5.38 Å². The highest BCUT2D eigenvalue weighted by molar-refractivity contribution is 7.13. The maximum Gasteiger partial charge on any atom is 0.340 e. The molecule has 0 saturated heterocycles. The number of aromatic nitrogens is 1. The van der Waals surface area contributed by atoms with Crippen LogP contribution < -0.4 is 5.73 Å². The Labute approximate surface area is 99.1 Å². The van der Waals surface area contributed by atoms with E-state index in [-0.39, 0.29) is 11.9 Å². The Kier molecular flexibility index (Phi) is 4.49. The largest absolute Gasteiger partial charge is 0.462 e. The number of esters is 1. The molecule has 0 bridgehead atoms. The van der Waals surface area contributed by atoms with Crippen LogP contribution in [0.4, 0.5) is 5.13 Å². The zero-order valence-corrected chi connectivity index (χ0v) is 10.5. The van der Waals surface area contributed by atoms with Gasteiger partial charge in [-0.05, 0) is 12.8 Å². The number of rotatable bonds is 4. The van der Waals surface area contributed by atoms with E-state index in [2.05, 4.69) is 4.98 Å². The number of allylic oxidation sites excluding steroid dienone is 1. The number of carbonyl (C=O) groups excluding carboxylic acids is 1. The van der Waals surface area contributed by atoms with Crippen molar-refractivity contribution in [1.82, 2.24) is 4.98 Å². The number of carbonyl (C=O) groups is 1. The average molecular weight is 240 g/mol. The van der Waals surface area contributed by atoms with Crippen LogP contribution in [0, 0.1) is 5.92 Å². The Morgan fingerprint density at radius 1 is 1.69 bits per heavy atom. The summed E-state index contributed by atoms with van der Waals surface area (Å²) < 4.78 is 4.99. The van der Waals surface area contributed by atoms with E-state index in [1.54, 1.807) is 12.3 Å². The number of thiazole rings is 1. The van der Waals surface area contributed by atoms with Crippen molar-refractivity contribution < 1.29 is 9.53 Å². The van der Waals surface area contributed by atoms with E-state index in [0.717, 1.165) is 0 Å². The SMILES string of the molecule is CCOC(=O)/C(=C\C(C)C)c1csc(N)n1. The summed E-state index contributed by atoms with van der Waals surface area (Å²) >= 11 is 1.31. The highest BCUT2D eigenvalue weighted by Crippen LogP contribution is 2.22. The lowest BCUT2D eigenvalue weighted by Crippen LogP contribution is -2.08. The van der Waals surface area contributed by atoms with Crippen molar-refractivity contribution in [3.63, 3.8) is 0 Å². The number of hydrogen-bond acceptors (Lipinski definition) is 5. The van der Waals surface area contributed by atoms with Crippen molar-refractivity contribution in [3.05, 3.63) is 17.2 Å².